The predicted molar refractivity (Wildman–Crippen MR) is 100 cm³/mol. The van der Waals surface area contributed by atoms with Crippen molar-refractivity contribution in [2.45, 2.75) is 6.61 Å². The van der Waals surface area contributed by atoms with Crippen molar-refractivity contribution >= 4 is 12.1 Å². The molecule has 0 spiro atoms. The number of amides is 1. The number of nitrogens with zero attached hydrogens (tertiary/aromatic N) is 1. The predicted octanol–water partition coefficient (Wildman–Crippen LogP) is 3.74. The van der Waals surface area contributed by atoms with E-state index in [1.54, 1.807) is 12.1 Å². The molecule has 0 saturated heterocycles. The van der Waals surface area contributed by atoms with Gasteiger partial charge in [0.1, 0.15) is 18.1 Å². The van der Waals surface area contributed by atoms with Crippen LogP contribution in [-0.2, 0) is 6.61 Å². The van der Waals surface area contributed by atoms with E-state index in [2.05, 4.69) is 10.5 Å². The average Bonchev–Trinajstić information content (AvgIpc) is 2.68. The molecule has 3 aromatic rings. The molecule has 0 aliphatic carbocycles. The summed E-state index contributed by atoms with van der Waals surface area (Å²) in [7, 11) is 0. The Morgan fingerprint density at radius 2 is 1.77 bits per heavy atom. The lowest BCUT2D eigenvalue weighted by atomic mass is 10.2. The summed E-state index contributed by atoms with van der Waals surface area (Å²) >= 11 is 0. The third-order valence-electron chi connectivity index (χ3n) is 3.63. The number of hydrazone groups is 1. The molecule has 2 N–H and O–H groups in total. The second-order valence-electron chi connectivity index (χ2n) is 5.56. The second kappa shape index (κ2) is 8.48. The molecule has 0 aliphatic rings. The van der Waals surface area contributed by atoms with Crippen LogP contribution in [0.25, 0.3) is 0 Å². The Labute approximate surface area is 151 Å². The summed E-state index contributed by atoms with van der Waals surface area (Å²) in [5.41, 5.74) is 4.44. The molecule has 0 aliphatic heterocycles. The lowest BCUT2D eigenvalue weighted by Gasteiger charge is -2.06. The van der Waals surface area contributed by atoms with E-state index in [0.29, 0.717) is 12.4 Å². The van der Waals surface area contributed by atoms with Gasteiger partial charge in [-0.1, -0.05) is 54.6 Å². The Hall–Kier alpha value is -3.60. The van der Waals surface area contributed by atoms with Crippen LogP contribution < -0.4 is 10.2 Å². The van der Waals surface area contributed by atoms with E-state index >= 15 is 0 Å². The first-order chi connectivity index (χ1) is 12.7. The highest BCUT2D eigenvalue weighted by molar-refractivity contribution is 5.97. The fourth-order valence-electron chi connectivity index (χ4n) is 2.32. The zero-order chi connectivity index (χ0) is 18.2. The summed E-state index contributed by atoms with van der Waals surface area (Å²) in [5, 5.41) is 13.6. The van der Waals surface area contributed by atoms with Gasteiger partial charge in [-0.15, -0.1) is 0 Å². The molecule has 5 heteroatoms. The number of carbonyl (C=O) groups excluding carboxylic acids is 1. The van der Waals surface area contributed by atoms with Crippen LogP contribution in [0.15, 0.2) is 84.0 Å². The molecule has 0 fully saturated rings. The largest absolute Gasteiger partial charge is 0.507 e. The first-order valence-corrected chi connectivity index (χ1v) is 8.10. The number of phenolic OH excluding ortho intramolecular Hbond substituents is 1. The normalized spacial score (nSPS) is 10.6. The van der Waals surface area contributed by atoms with E-state index in [1.807, 2.05) is 54.6 Å². The van der Waals surface area contributed by atoms with E-state index in [1.165, 1.54) is 18.3 Å². The highest BCUT2D eigenvalue weighted by Gasteiger charge is 2.08. The minimum atomic E-state index is -0.476. The van der Waals surface area contributed by atoms with E-state index in [9.17, 15) is 9.90 Å². The molecule has 0 heterocycles. The maximum Gasteiger partial charge on any atom is 0.275 e. The molecule has 130 valence electrons. The van der Waals surface area contributed by atoms with Crippen LogP contribution in [-0.4, -0.2) is 17.2 Å². The first-order valence-electron chi connectivity index (χ1n) is 8.10. The molecule has 3 aromatic carbocycles. The number of para-hydroxylation sites is 1. The third-order valence-corrected chi connectivity index (χ3v) is 3.63. The van der Waals surface area contributed by atoms with Crippen molar-refractivity contribution in [1.29, 1.82) is 0 Å². The smallest absolute Gasteiger partial charge is 0.275 e. The van der Waals surface area contributed by atoms with Gasteiger partial charge in [0.05, 0.1) is 11.8 Å². The molecule has 0 aromatic heterocycles. The van der Waals surface area contributed by atoms with Crippen LogP contribution in [0, 0.1) is 0 Å². The number of hydrogen-bond donors (Lipinski definition) is 2. The van der Waals surface area contributed by atoms with Gasteiger partial charge in [0.2, 0.25) is 0 Å². The van der Waals surface area contributed by atoms with Crippen LogP contribution in [0.2, 0.25) is 0 Å². The standard InChI is InChI=1S/C21H18N2O3/c24-20-12-5-4-11-19(20)21(25)23-22-14-17-9-6-10-18(13-17)26-15-16-7-2-1-3-8-16/h1-14,24H,15H2,(H,23,25)/b22-14+. The zero-order valence-electron chi connectivity index (χ0n) is 14.0. The summed E-state index contributed by atoms with van der Waals surface area (Å²) in [4.78, 5) is 12.0. The third kappa shape index (κ3) is 4.70. The van der Waals surface area contributed by atoms with E-state index in [-0.39, 0.29) is 11.3 Å². The lowest BCUT2D eigenvalue weighted by Crippen LogP contribution is -2.17. The monoisotopic (exact) mass is 346 g/mol. The Kier molecular flexibility index (Phi) is 5.62. The van der Waals surface area contributed by atoms with Crippen molar-refractivity contribution in [3.05, 3.63) is 95.6 Å². The number of benzene rings is 3. The number of carbonyl (C=O) groups is 1. The maximum absolute atomic E-state index is 12.0. The SMILES string of the molecule is O=C(N/N=C/c1cccc(OCc2ccccc2)c1)c1ccccc1O. The Morgan fingerprint density at radius 1 is 1.00 bits per heavy atom. The van der Waals surface area contributed by atoms with Gasteiger partial charge >= 0.3 is 0 Å². The number of phenols is 1. The minimum Gasteiger partial charge on any atom is -0.507 e. The number of hydrogen-bond acceptors (Lipinski definition) is 4. The summed E-state index contributed by atoms with van der Waals surface area (Å²) in [6, 6.07) is 23.6. The molecular formula is C21H18N2O3. The van der Waals surface area contributed by atoms with Crippen molar-refractivity contribution in [3.63, 3.8) is 0 Å². The van der Waals surface area contributed by atoms with Gasteiger partial charge in [0, 0.05) is 0 Å². The van der Waals surface area contributed by atoms with Gasteiger partial charge < -0.3 is 9.84 Å². The van der Waals surface area contributed by atoms with Crippen molar-refractivity contribution in [2.75, 3.05) is 0 Å². The van der Waals surface area contributed by atoms with Crippen LogP contribution in [0.1, 0.15) is 21.5 Å². The number of nitrogens with one attached hydrogen (secondary N) is 1. The van der Waals surface area contributed by atoms with Gasteiger partial charge in [0.25, 0.3) is 5.91 Å². The van der Waals surface area contributed by atoms with E-state index in [4.69, 9.17) is 4.74 Å². The van der Waals surface area contributed by atoms with Gasteiger partial charge in [-0.05, 0) is 35.4 Å². The number of rotatable bonds is 6. The van der Waals surface area contributed by atoms with Gasteiger partial charge in [-0.2, -0.15) is 5.10 Å². The summed E-state index contributed by atoms with van der Waals surface area (Å²) < 4.78 is 5.76. The molecule has 3 rings (SSSR count). The Morgan fingerprint density at radius 3 is 2.58 bits per heavy atom. The minimum absolute atomic E-state index is 0.0866. The number of ether oxygens (including phenoxy) is 1. The quantitative estimate of drug-likeness (QED) is 0.528. The van der Waals surface area contributed by atoms with Crippen molar-refractivity contribution in [3.8, 4) is 11.5 Å². The topological polar surface area (TPSA) is 70.9 Å². The van der Waals surface area contributed by atoms with E-state index < -0.39 is 5.91 Å². The van der Waals surface area contributed by atoms with Crippen LogP contribution in [0.3, 0.4) is 0 Å². The Bertz CT molecular complexity index is 908. The van der Waals surface area contributed by atoms with Crippen LogP contribution in [0.5, 0.6) is 11.5 Å². The molecule has 0 radical (unpaired) electrons. The fourth-order valence-corrected chi connectivity index (χ4v) is 2.32. The van der Waals surface area contributed by atoms with Gasteiger partial charge in [0.15, 0.2) is 0 Å². The van der Waals surface area contributed by atoms with E-state index in [0.717, 1.165) is 11.1 Å². The summed E-state index contributed by atoms with van der Waals surface area (Å²) in [6.45, 7) is 0.478. The van der Waals surface area contributed by atoms with Gasteiger partial charge in [-0.25, -0.2) is 5.43 Å². The molecule has 0 unspecified atom stereocenters. The first kappa shape index (κ1) is 17.2. The molecule has 0 bridgehead atoms. The maximum atomic E-state index is 12.0. The molecule has 26 heavy (non-hydrogen) atoms. The highest BCUT2D eigenvalue weighted by atomic mass is 16.5. The molecule has 5 nitrogen and oxygen atoms in total. The highest BCUT2D eigenvalue weighted by Crippen LogP contribution is 2.16. The molecule has 1 amide bonds. The molecule has 0 atom stereocenters. The second-order valence-corrected chi connectivity index (χ2v) is 5.56. The fraction of sp³-hybridized carbons (Fsp3) is 0.0476. The average molecular weight is 346 g/mol. The zero-order valence-corrected chi connectivity index (χ0v) is 14.0. The van der Waals surface area contributed by atoms with Crippen molar-refractivity contribution < 1.29 is 14.6 Å². The Balaban J connectivity index is 1.59. The van der Waals surface area contributed by atoms with Crippen molar-refractivity contribution in [2.24, 2.45) is 5.10 Å². The lowest BCUT2D eigenvalue weighted by molar-refractivity contribution is 0.0952. The molecule has 0 saturated carbocycles. The number of aromatic hydroxyl groups is 1. The van der Waals surface area contributed by atoms with Gasteiger partial charge in [-0.3, -0.25) is 4.79 Å². The van der Waals surface area contributed by atoms with Crippen LogP contribution >= 0.6 is 0 Å². The van der Waals surface area contributed by atoms with Crippen molar-refractivity contribution in [1.82, 2.24) is 5.43 Å². The van der Waals surface area contributed by atoms with Crippen LogP contribution in [0.4, 0.5) is 0 Å². The summed E-state index contributed by atoms with van der Waals surface area (Å²) in [5.74, 6) is 0.150. The summed E-state index contributed by atoms with van der Waals surface area (Å²) in [6.07, 6.45) is 1.52. The molecular weight excluding hydrogens is 328 g/mol.